The monoisotopic (exact) mass is 322 g/mol. The third kappa shape index (κ3) is 7.39. The van der Waals surface area contributed by atoms with Crippen molar-refractivity contribution in [1.82, 2.24) is 4.98 Å². The molecule has 3 N–H and O–H groups in total. The van der Waals surface area contributed by atoms with Crippen LogP contribution in [-0.2, 0) is 11.8 Å². The van der Waals surface area contributed by atoms with Gasteiger partial charge >= 0.3 is 0 Å². The smallest absolute Gasteiger partial charge is 0.0414 e. The number of nitrogens with one attached hydrogen (secondary N) is 1. The molecular formula is C21H42N2. The van der Waals surface area contributed by atoms with Gasteiger partial charge in [0.25, 0.3) is 0 Å². The zero-order valence-corrected chi connectivity index (χ0v) is 17.6. The lowest BCUT2D eigenvalue weighted by molar-refractivity contribution is 0.344. The Morgan fingerprint density at radius 3 is 1.87 bits per heavy atom. The maximum atomic E-state index is 6.22. The summed E-state index contributed by atoms with van der Waals surface area (Å²) in [4.78, 5) is 3.62. The second-order valence-corrected chi connectivity index (χ2v) is 6.92. The zero-order chi connectivity index (χ0) is 18.8. The van der Waals surface area contributed by atoms with Gasteiger partial charge < -0.3 is 10.7 Å². The molecule has 0 saturated heterocycles. The van der Waals surface area contributed by atoms with Crippen LogP contribution in [0.25, 0.3) is 6.08 Å². The lowest BCUT2D eigenvalue weighted by atomic mass is 9.77. The average molecular weight is 323 g/mol. The molecule has 0 amide bonds. The van der Waals surface area contributed by atoms with Crippen LogP contribution in [0.3, 0.4) is 0 Å². The lowest BCUT2D eigenvalue weighted by Crippen LogP contribution is -2.39. The van der Waals surface area contributed by atoms with Gasteiger partial charge in [0.05, 0.1) is 0 Å². The molecule has 0 bridgehead atoms. The summed E-state index contributed by atoms with van der Waals surface area (Å²) in [6, 6.07) is 0. The number of allylic oxidation sites excluding steroid dienone is 1. The molecule has 0 aliphatic carbocycles. The number of H-pyrrole nitrogens is 1. The van der Waals surface area contributed by atoms with Crippen LogP contribution in [0.4, 0.5) is 0 Å². The highest BCUT2D eigenvalue weighted by molar-refractivity contribution is 5.55. The number of rotatable bonds is 5. The van der Waals surface area contributed by atoms with Crippen molar-refractivity contribution in [2.24, 2.45) is 5.73 Å². The van der Waals surface area contributed by atoms with Gasteiger partial charge in [-0.25, -0.2) is 0 Å². The fraction of sp³-hybridized carbons (Fsp3) is 0.714. The molecule has 1 heterocycles. The van der Waals surface area contributed by atoms with E-state index in [0.29, 0.717) is 0 Å². The lowest BCUT2D eigenvalue weighted by Gasteiger charge is -2.32. The van der Waals surface area contributed by atoms with Crippen LogP contribution >= 0.6 is 0 Å². The first-order valence-electron chi connectivity index (χ1n) is 9.26. The first kappa shape index (κ1) is 24.2. The van der Waals surface area contributed by atoms with Gasteiger partial charge in [-0.15, -0.1) is 0 Å². The van der Waals surface area contributed by atoms with Gasteiger partial charge in [0.1, 0.15) is 0 Å². The summed E-state index contributed by atoms with van der Waals surface area (Å²) in [6.07, 6.45) is 6.27. The maximum Gasteiger partial charge on any atom is 0.0414 e. The Morgan fingerprint density at radius 2 is 1.52 bits per heavy atom. The number of hydrogen-bond acceptors (Lipinski definition) is 1. The molecule has 0 aliphatic rings. The predicted octanol–water partition coefficient (Wildman–Crippen LogP) is 6.38. The van der Waals surface area contributed by atoms with Gasteiger partial charge in [-0.3, -0.25) is 0 Å². The normalized spacial score (nSPS) is 11.7. The Labute approximate surface area is 146 Å². The van der Waals surface area contributed by atoms with Gasteiger partial charge in [0.15, 0.2) is 0 Å². The first-order chi connectivity index (χ1) is 10.6. The van der Waals surface area contributed by atoms with E-state index in [4.69, 9.17) is 5.73 Å². The maximum absolute atomic E-state index is 6.22. The van der Waals surface area contributed by atoms with Gasteiger partial charge in [-0.05, 0) is 57.7 Å². The van der Waals surface area contributed by atoms with Gasteiger partial charge in [-0.1, -0.05) is 54.5 Å². The molecule has 0 radical (unpaired) electrons. The zero-order valence-electron chi connectivity index (χ0n) is 17.6. The van der Waals surface area contributed by atoms with Crippen molar-refractivity contribution in [2.75, 3.05) is 0 Å². The number of aromatic nitrogens is 1. The minimum atomic E-state index is -0.159. The highest BCUT2D eigenvalue weighted by atomic mass is 14.8. The Bertz CT molecular complexity index is 457. The van der Waals surface area contributed by atoms with Crippen molar-refractivity contribution in [3.05, 3.63) is 28.6 Å². The van der Waals surface area contributed by atoms with Gasteiger partial charge in [-0.2, -0.15) is 0 Å². The summed E-state index contributed by atoms with van der Waals surface area (Å²) in [5.74, 6) is 0. The summed E-state index contributed by atoms with van der Waals surface area (Å²) in [6.45, 7) is 23.2. The highest BCUT2D eigenvalue weighted by Gasteiger charge is 2.31. The van der Waals surface area contributed by atoms with E-state index >= 15 is 0 Å². The molecule has 0 aliphatic heterocycles. The second kappa shape index (κ2) is 10.7. The van der Waals surface area contributed by atoms with E-state index in [-0.39, 0.29) is 11.0 Å². The molecule has 1 aromatic heterocycles. The van der Waals surface area contributed by atoms with E-state index in [1.54, 1.807) is 0 Å². The molecule has 0 atom stereocenters. The third-order valence-corrected chi connectivity index (χ3v) is 3.67. The molecule has 0 saturated carbocycles. The molecule has 0 unspecified atom stereocenters. The van der Waals surface area contributed by atoms with Crippen LogP contribution in [0.5, 0.6) is 0 Å². The fourth-order valence-electron chi connectivity index (χ4n) is 3.33. The molecule has 2 heteroatoms. The molecular weight excluding hydrogens is 280 g/mol. The van der Waals surface area contributed by atoms with E-state index < -0.39 is 0 Å². The third-order valence-electron chi connectivity index (χ3n) is 3.67. The van der Waals surface area contributed by atoms with Crippen LogP contribution < -0.4 is 5.73 Å². The topological polar surface area (TPSA) is 41.8 Å². The Kier molecular flexibility index (Phi) is 11.3. The second-order valence-electron chi connectivity index (χ2n) is 6.92. The molecule has 23 heavy (non-hydrogen) atoms. The van der Waals surface area contributed by atoms with E-state index in [1.807, 2.05) is 27.7 Å². The molecule has 1 rings (SSSR count). The van der Waals surface area contributed by atoms with Crippen molar-refractivity contribution in [3.63, 3.8) is 0 Å². The standard InChI is InChI=1S/C17H30N2.2C2H6/c1-8-10-14-13(9-2)12(3)15(19-14)16(4,5)11-17(6,7)18;2*1-2/h8,10,19H,9,11,18H2,1-7H3;2*1-2H3/b10-8-;;. The van der Waals surface area contributed by atoms with E-state index in [1.165, 1.54) is 22.5 Å². The molecule has 1 aromatic rings. The Morgan fingerprint density at radius 1 is 1.04 bits per heavy atom. The van der Waals surface area contributed by atoms with Crippen LogP contribution in [0, 0.1) is 6.92 Å². The summed E-state index contributed by atoms with van der Waals surface area (Å²) in [7, 11) is 0. The fourth-order valence-corrected chi connectivity index (χ4v) is 3.33. The van der Waals surface area contributed by atoms with Crippen molar-refractivity contribution in [3.8, 4) is 0 Å². The number of aromatic amines is 1. The summed E-state index contributed by atoms with van der Waals surface area (Å²) >= 11 is 0. The minimum absolute atomic E-state index is 0.0616. The largest absolute Gasteiger partial charge is 0.358 e. The number of hydrogen-bond donors (Lipinski definition) is 2. The molecule has 136 valence electrons. The van der Waals surface area contributed by atoms with Crippen LogP contribution in [0.2, 0.25) is 0 Å². The summed E-state index contributed by atoms with van der Waals surface area (Å²) < 4.78 is 0. The van der Waals surface area contributed by atoms with E-state index in [9.17, 15) is 0 Å². The van der Waals surface area contributed by atoms with Crippen molar-refractivity contribution < 1.29 is 0 Å². The Balaban J connectivity index is 0. The van der Waals surface area contributed by atoms with Gasteiger partial charge in [0.2, 0.25) is 0 Å². The van der Waals surface area contributed by atoms with E-state index in [0.717, 1.165) is 12.8 Å². The molecule has 2 nitrogen and oxygen atoms in total. The SMILES string of the molecule is C/C=C\c1[nH]c(C(C)(C)CC(C)(C)N)c(C)c1CC.CC.CC. The Hall–Kier alpha value is -1.02. The molecule has 0 spiro atoms. The molecule has 0 aromatic carbocycles. The summed E-state index contributed by atoms with van der Waals surface area (Å²) in [5.41, 5.74) is 11.5. The minimum Gasteiger partial charge on any atom is -0.358 e. The van der Waals surface area contributed by atoms with Crippen molar-refractivity contribution in [2.45, 2.75) is 100.0 Å². The molecule has 0 fully saturated rings. The van der Waals surface area contributed by atoms with Crippen molar-refractivity contribution >= 4 is 6.08 Å². The van der Waals surface area contributed by atoms with Crippen molar-refractivity contribution in [1.29, 1.82) is 0 Å². The van der Waals surface area contributed by atoms with Crippen LogP contribution in [-0.4, -0.2) is 10.5 Å². The summed E-state index contributed by atoms with van der Waals surface area (Å²) in [5, 5.41) is 0. The van der Waals surface area contributed by atoms with Gasteiger partial charge in [0, 0.05) is 22.3 Å². The average Bonchev–Trinajstić information content (AvgIpc) is 2.78. The highest BCUT2D eigenvalue weighted by Crippen LogP contribution is 2.35. The number of nitrogens with two attached hydrogens (primary N) is 1. The van der Waals surface area contributed by atoms with Crippen LogP contribution in [0.15, 0.2) is 6.08 Å². The van der Waals surface area contributed by atoms with E-state index in [2.05, 4.69) is 65.6 Å². The van der Waals surface area contributed by atoms with Crippen LogP contribution in [0.1, 0.15) is 98.2 Å². The first-order valence-corrected chi connectivity index (χ1v) is 9.26. The predicted molar refractivity (Wildman–Crippen MR) is 108 cm³/mol. The quantitative estimate of drug-likeness (QED) is 0.649.